The lowest BCUT2D eigenvalue weighted by molar-refractivity contribution is -0.137. The lowest BCUT2D eigenvalue weighted by Gasteiger charge is -2.14. The van der Waals surface area contributed by atoms with Gasteiger partial charge in [-0.3, -0.25) is 0 Å². The van der Waals surface area contributed by atoms with Crippen LogP contribution < -0.4 is 20.1 Å². The molecule has 0 fully saturated rings. The molecule has 0 aliphatic carbocycles. The van der Waals surface area contributed by atoms with Crippen molar-refractivity contribution in [2.45, 2.75) is 12.6 Å². The first-order valence-electron chi connectivity index (χ1n) is 7.87. The van der Waals surface area contributed by atoms with E-state index in [0.29, 0.717) is 24.5 Å². The van der Waals surface area contributed by atoms with Crippen LogP contribution in [-0.2, 0) is 12.6 Å². The lowest BCUT2D eigenvalue weighted by atomic mass is 10.1. The molecule has 2 rings (SSSR count). The summed E-state index contributed by atoms with van der Waals surface area (Å²) in [4.78, 5) is 0. The highest BCUT2D eigenvalue weighted by molar-refractivity contribution is 7.80. The van der Waals surface area contributed by atoms with Crippen molar-refractivity contribution in [3.63, 3.8) is 0 Å². The largest absolute Gasteiger partial charge is 0.493 e. The van der Waals surface area contributed by atoms with E-state index >= 15 is 0 Å². The molecule has 27 heavy (non-hydrogen) atoms. The van der Waals surface area contributed by atoms with Gasteiger partial charge in [0.25, 0.3) is 0 Å². The SMILES string of the molecule is COc1ccc(CCNC(=S)Nc2cc(C(F)(F)F)ccc2Cl)cc1OC. The van der Waals surface area contributed by atoms with Crippen LogP contribution in [0.2, 0.25) is 5.02 Å². The van der Waals surface area contributed by atoms with Crippen molar-refractivity contribution >= 4 is 34.6 Å². The molecule has 0 amide bonds. The Balaban J connectivity index is 1.94. The fraction of sp³-hybridized carbons (Fsp3) is 0.278. The molecule has 2 aromatic carbocycles. The van der Waals surface area contributed by atoms with Crippen molar-refractivity contribution in [1.82, 2.24) is 5.32 Å². The Hall–Kier alpha value is -2.19. The van der Waals surface area contributed by atoms with Crippen LogP contribution >= 0.6 is 23.8 Å². The van der Waals surface area contributed by atoms with Crippen molar-refractivity contribution < 1.29 is 22.6 Å². The first-order chi connectivity index (χ1) is 12.7. The van der Waals surface area contributed by atoms with Gasteiger partial charge in [0.1, 0.15) is 0 Å². The van der Waals surface area contributed by atoms with Gasteiger partial charge in [0.05, 0.1) is 30.5 Å². The highest BCUT2D eigenvalue weighted by Gasteiger charge is 2.31. The number of benzene rings is 2. The molecule has 0 heterocycles. The molecule has 0 saturated carbocycles. The Morgan fingerprint density at radius 1 is 1.07 bits per heavy atom. The second kappa shape index (κ2) is 9.14. The number of methoxy groups -OCH3 is 2. The Morgan fingerprint density at radius 2 is 1.78 bits per heavy atom. The number of halogens is 4. The molecule has 4 nitrogen and oxygen atoms in total. The van der Waals surface area contributed by atoms with Crippen LogP contribution in [-0.4, -0.2) is 25.9 Å². The number of alkyl halides is 3. The van der Waals surface area contributed by atoms with Crippen LogP contribution in [0, 0.1) is 0 Å². The third kappa shape index (κ3) is 5.90. The summed E-state index contributed by atoms with van der Waals surface area (Å²) in [5.41, 5.74) is 0.276. The Morgan fingerprint density at radius 3 is 2.41 bits per heavy atom. The van der Waals surface area contributed by atoms with Crippen LogP contribution in [0.1, 0.15) is 11.1 Å². The molecular weight excluding hydrogens is 401 g/mol. The summed E-state index contributed by atoms with van der Waals surface area (Å²) in [5.74, 6) is 1.25. The van der Waals surface area contributed by atoms with Gasteiger partial charge in [-0.05, 0) is 54.5 Å². The summed E-state index contributed by atoms with van der Waals surface area (Å²) >= 11 is 11.1. The van der Waals surface area contributed by atoms with Crippen molar-refractivity contribution in [2.75, 3.05) is 26.1 Å². The number of ether oxygens (including phenoxy) is 2. The summed E-state index contributed by atoms with van der Waals surface area (Å²) < 4.78 is 48.8. The van der Waals surface area contributed by atoms with Gasteiger partial charge in [-0.1, -0.05) is 17.7 Å². The van der Waals surface area contributed by atoms with E-state index in [4.69, 9.17) is 33.3 Å². The quantitative estimate of drug-likeness (QED) is 0.653. The molecule has 0 aliphatic heterocycles. The van der Waals surface area contributed by atoms with E-state index in [-0.39, 0.29) is 15.8 Å². The van der Waals surface area contributed by atoms with Gasteiger partial charge >= 0.3 is 6.18 Å². The topological polar surface area (TPSA) is 42.5 Å². The zero-order valence-corrected chi connectivity index (χ0v) is 16.2. The number of hydrogen-bond acceptors (Lipinski definition) is 3. The van der Waals surface area contributed by atoms with E-state index in [9.17, 15) is 13.2 Å². The van der Waals surface area contributed by atoms with Gasteiger partial charge in [0.15, 0.2) is 16.6 Å². The molecule has 0 spiro atoms. The highest BCUT2D eigenvalue weighted by Crippen LogP contribution is 2.33. The zero-order valence-electron chi connectivity index (χ0n) is 14.6. The van der Waals surface area contributed by atoms with E-state index in [1.54, 1.807) is 20.3 Å². The fourth-order valence-corrected chi connectivity index (χ4v) is 2.70. The third-order valence-corrected chi connectivity index (χ3v) is 4.27. The summed E-state index contributed by atoms with van der Waals surface area (Å²) in [6.45, 7) is 0.470. The first-order valence-corrected chi connectivity index (χ1v) is 8.65. The summed E-state index contributed by atoms with van der Waals surface area (Å²) in [5, 5.41) is 5.96. The first kappa shape index (κ1) is 21.1. The molecular formula is C18H18ClF3N2O2S. The number of thiocarbonyl (C=S) groups is 1. The van der Waals surface area contributed by atoms with Gasteiger partial charge in [-0.15, -0.1) is 0 Å². The summed E-state index contributed by atoms with van der Waals surface area (Å²) in [7, 11) is 3.11. The molecule has 0 radical (unpaired) electrons. The smallest absolute Gasteiger partial charge is 0.416 e. The van der Waals surface area contributed by atoms with Crippen LogP contribution in [0.5, 0.6) is 11.5 Å². The number of nitrogens with one attached hydrogen (secondary N) is 2. The molecule has 0 aliphatic rings. The van der Waals surface area contributed by atoms with E-state index in [2.05, 4.69) is 10.6 Å². The molecule has 0 atom stereocenters. The van der Waals surface area contributed by atoms with E-state index in [0.717, 1.165) is 17.7 Å². The zero-order chi connectivity index (χ0) is 20.0. The fourth-order valence-electron chi connectivity index (χ4n) is 2.32. The Labute approximate surface area is 165 Å². The van der Waals surface area contributed by atoms with Crippen LogP contribution in [0.4, 0.5) is 18.9 Å². The third-order valence-electron chi connectivity index (χ3n) is 3.69. The minimum atomic E-state index is -4.45. The molecule has 146 valence electrons. The summed E-state index contributed by atoms with van der Waals surface area (Å²) in [6, 6.07) is 8.56. The van der Waals surface area contributed by atoms with Gasteiger partial charge in [0, 0.05) is 6.54 Å². The van der Waals surface area contributed by atoms with E-state index in [1.165, 1.54) is 6.07 Å². The second-order valence-electron chi connectivity index (χ2n) is 5.51. The van der Waals surface area contributed by atoms with Crippen LogP contribution in [0.15, 0.2) is 36.4 Å². The van der Waals surface area contributed by atoms with Crippen molar-refractivity contribution in [3.05, 3.63) is 52.5 Å². The second-order valence-corrected chi connectivity index (χ2v) is 6.33. The Kier molecular flexibility index (Phi) is 7.15. The lowest BCUT2D eigenvalue weighted by Crippen LogP contribution is -2.30. The van der Waals surface area contributed by atoms with Crippen molar-refractivity contribution in [1.29, 1.82) is 0 Å². The number of rotatable bonds is 6. The van der Waals surface area contributed by atoms with Gasteiger partial charge in [-0.25, -0.2) is 0 Å². The predicted octanol–water partition coefficient (Wildman–Crippen LogP) is 4.91. The maximum atomic E-state index is 12.8. The molecule has 9 heteroatoms. The molecule has 0 aromatic heterocycles. The van der Waals surface area contributed by atoms with Crippen LogP contribution in [0.25, 0.3) is 0 Å². The normalized spacial score (nSPS) is 11.0. The summed E-state index contributed by atoms with van der Waals surface area (Å²) in [6.07, 6.45) is -3.83. The average molecular weight is 419 g/mol. The maximum absolute atomic E-state index is 12.8. The minimum absolute atomic E-state index is 0.0927. The van der Waals surface area contributed by atoms with Crippen LogP contribution in [0.3, 0.4) is 0 Å². The Bertz CT molecular complexity index is 816. The maximum Gasteiger partial charge on any atom is 0.416 e. The minimum Gasteiger partial charge on any atom is -0.493 e. The van der Waals surface area contributed by atoms with E-state index < -0.39 is 11.7 Å². The van der Waals surface area contributed by atoms with Crippen molar-refractivity contribution in [3.8, 4) is 11.5 Å². The molecule has 0 bridgehead atoms. The monoisotopic (exact) mass is 418 g/mol. The highest BCUT2D eigenvalue weighted by atomic mass is 35.5. The van der Waals surface area contributed by atoms with Crippen molar-refractivity contribution in [2.24, 2.45) is 0 Å². The average Bonchev–Trinajstić information content (AvgIpc) is 2.62. The molecule has 2 N–H and O–H groups in total. The number of hydrogen-bond donors (Lipinski definition) is 2. The van der Waals surface area contributed by atoms with Gasteiger partial charge in [0.2, 0.25) is 0 Å². The standard InChI is InChI=1S/C18H18ClF3N2O2S/c1-25-15-6-3-11(9-16(15)26-2)7-8-23-17(27)24-14-10-12(18(20,21)22)4-5-13(14)19/h3-6,9-10H,7-8H2,1-2H3,(H2,23,24,27). The molecule has 2 aromatic rings. The van der Waals surface area contributed by atoms with Gasteiger partial charge < -0.3 is 20.1 Å². The molecule has 0 saturated heterocycles. The van der Waals surface area contributed by atoms with E-state index in [1.807, 2.05) is 12.1 Å². The predicted molar refractivity (Wildman–Crippen MR) is 104 cm³/mol. The van der Waals surface area contributed by atoms with Gasteiger partial charge in [-0.2, -0.15) is 13.2 Å². The molecule has 0 unspecified atom stereocenters. The number of anilines is 1.